The van der Waals surface area contributed by atoms with E-state index >= 15 is 0 Å². The molecule has 0 aliphatic carbocycles. The molecule has 0 amide bonds. The van der Waals surface area contributed by atoms with Gasteiger partial charge in [0.05, 0.1) is 35.9 Å². The first-order valence-corrected chi connectivity index (χ1v) is 11.3. The number of halogens is 3. The van der Waals surface area contributed by atoms with Crippen LogP contribution in [-0.4, -0.2) is 34.3 Å². The maximum absolute atomic E-state index is 12.9. The van der Waals surface area contributed by atoms with Gasteiger partial charge in [-0.1, -0.05) is 12.1 Å². The first-order chi connectivity index (χ1) is 17.3. The Morgan fingerprint density at radius 1 is 1.22 bits per heavy atom. The smallest absolute Gasteiger partial charge is 0.416 e. The van der Waals surface area contributed by atoms with Crippen LogP contribution in [0.2, 0.25) is 0 Å². The molecule has 3 aliphatic rings. The summed E-state index contributed by atoms with van der Waals surface area (Å²) in [5.41, 5.74) is -0.766. The summed E-state index contributed by atoms with van der Waals surface area (Å²) in [5, 5.41) is 9.55. The van der Waals surface area contributed by atoms with Crippen LogP contribution in [0.15, 0.2) is 53.3 Å². The van der Waals surface area contributed by atoms with Crippen LogP contribution in [0.3, 0.4) is 0 Å². The van der Waals surface area contributed by atoms with E-state index in [2.05, 4.69) is 9.88 Å². The molecule has 184 valence electrons. The molecule has 8 nitrogen and oxygen atoms in total. The van der Waals surface area contributed by atoms with Crippen molar-refractivity contribution in [3.8, 4) is 23.4 Å². The summed E-state index contributed by atoms with van der Waals surface area (Å²) in [7, 11) is 0. The zero-order valence-electron chi connectivity index (χ0n) is 18.8. The third-order valence-electron chi connectivity index (χ3n) is 6.84. The fourth-order valence-corrected chi connectivity index (χ4v) is 5.15. The number of benzene rings is 2. The average Bonchev–Trinajstić information content (AvgIpc) is 3.52. The molecule has 1 aromatic heterocycles. The Morgan fingerprint density at radius 2 is 2.03 bits per heavy atom. The molecule has 11 heteroatoms. The van der Waals surface area contributed by atoms with Crippen LogP contribution in [0.25, 0.3) is 0 Å². The van der Waals surface area contributed by atoms with Crippen molar-refractivity contribution in [3.05, 3.63) is 75.7 Å². The second-order valence-corrected chi connectivity index (χ2v) is 9.11. The summed E-state index contributed by atoms with van der Waals surface area (Å²) < 4.78 is 57.7. The normalized spacial score (nSPS) is 21.7. The third-order valence-corrected chi connectivity index (χ3v) is 6.84. The number of nitriles is 1. The standard InChI is InChI=1S/C25H19F3N4O4/c26-25(27,28)17-4-6-18(7-5-17)36-22-15(10-29)2-1-3-16(22)12-34-20-8-21-31(23(33)30-20)13-24-9-19(35-14-24)11-32(21)24/h1-8,19H,9,11-14H2/t19-,24+/m0/s1. The van der Waals surface area contributed by atoms with Gasteiger partial charge in [0.1, 0.15) is 24.2 Å². The van der Waals surface area contributed by atoms with E-state index in [1.807, 2.05) is 6.07 Å². The molecule has 2 atom stereocenters. The number of nitrogens with zero attached hydrogens (tertiary/aromatic N) is 4. The Kier molecular flexibility index (Phi) is 4.98. The monoisotopic (exact) mass is 496 g/mol. The molecular formula is C25H19F3N4O4. The Morgan fingerprint density at radius 3 is 2.75 bits per heavy atom. The lowest BCUT2D eigenvalue weighted by atomic mass is 10.0. The van der Waals surface area contributed by atoms with Gasteiger partial charge in [0, 0.05) is 24.6 Å². The fourth-order valence-electron chi connectivity index (χ4n) is 5.15. The topological polar surface area (TPSA) is 89.6 Å². The van der Waals surface area contributed by atoms with Gasteiger partial charge in [-0.05, 0) is 30.3 Å². The third kappa shape index (κ3) is 3.65. The highest BCUT2D eigenvalue weighted by Crippen LogP contribution is 2.46. The number of rotatable bonds is 5. The minimum atomic E-state index is -4.47. The van der Waals surface area contributed by atoms with Crippen LogP contribution in [0.5, 0.6) is 17.4 Å². The van der Waals surface area contributed by atoms with Gasteiger partial charge in [-0.3, -0.25) is 4.57 Å². The predicted molar refractivity (Wildman–Crippen MR) is 120 cm³/mol. The van der Waals surface area contributed by atoms with Gasteiger partial charge < -0.3 is 19.1 Å². The number of para-hydroxylation sites is 1. The summed E-state index contributed by atoms with van der Waals surface area (Å²) >= 11 is 0. The van der Waals surface area contributed by atoms with Crippen molar-refractivity contribution in [2.24, 2.45) is 0 Å². The largest absolute Gasteiger partial charge is 0.472 e. The molecular weight excluding hydrogens is 477 g/mol. The summed E-state index contributed by atoms with van der Waals surface area (Å²) in [6.45, 7) is 1.73. The van der Waals surface area contributed by atoms with E-state index in [-0.39, 0.29) is 41.2 Å². The molecule has 3 aromatic rings. The van der Waals surface area contributed by atoms with Crippen molar-refractivity contribution < 1.29 is 27.4 Å². The molecule has 2 aromatic carbocycles. The number of fused-ring (bicyclic) bond motifs is 3. The number of hydrogen-bond acceptors (Lipinski definition) is 7. The number of anilines is 1. The second-order valence-electron chi connectivity index (χ2n) is 9.11. The lowest BCUT2D eigenvalue weighted by molar-refractivity contribution is -0.137. The van der Waals surface area contributed by atoms with Crippen molar-refractivity contribution in [2.75, 3.05) is 18.1 Å². The number of hydrogen-bond donors (Lipinski definition) is 0. The molecule has 36 heavy (non-hydrogen) atoms. The highest BCUT2D eigenvalue weighted by Gasteiger charge is 2.56. The van der Waals surface area contributed by atoms with Crippen LogP contribution in [0.4, 0.5) is 19.0 Å². The van der Waals surface area contributed by atoms with Gasteiger partial charge in [0.2, 0.25) is 5.88 Å². The minimum absolute atomic E-state index is 0.0712. The summed E-state index contributed by atoms with van der Waals surface area (Å²) in [6.07, 6.45) is -3.44. The summed E-state index contributed by atoms with van der Waals surface area (Å²) in [6, 6.07) is 12.8. The molecule has 2 bridgehead atoms. The van der Waals surface area contributed by atoms with E-state index in [1.165, 1.54) is 18.2 Å². The van der Waals surface area contributed by atoms with Crippen molar-refractivity contribution in [3.63, 3.8) is 0 Å². The number of morpholine rings is 1. The summed E-state index contributed by atoms with van der Waals surface area (Å²) in [4.78, 5) is 19.0. The molecule has 2 saturated heterocycles. The minimum Gasteiger partial charge on any atom is -0.472 e. The Balaban J connectivity index is 1.25. The second kappa shape index (κ2) is 7.99. The zero-order valence-corrected chi connectivity index (χ0v) is 18.8. The number of alkyl halides is 3. The molecule has 0 radical (unpaired) electrons. The van der Waals surface area contributed by atoms with E-state index in [9.17, 15) is 23.2 Å². The van der Waals surface area contributed by atoms with Crippen molar-refractivity contribution in [1.29, 1.82) is 5.26 Å². The van der Waals surface area contributed by atoms with E-state index in [4.69, 9.17) is 14.2 Å². The number of aromatic nitrogens is 2. The van der Waals surface area contributed by atoms with Crippen molar-refractivity contribution in [1.82, 2.24) is 9.55 Å². The fraction of sp³-hybridized carbons (Fsp3) is 0.320. The quantitative estimate of drug-likeness (QED) is 0.530. The average molecular weight is 496 g/mol. The highest BCUT2D eigenvalue weighted by atomic mass is 19.4. The van der Waals surface area contributed by atoms with Crippen molar-refractivity contribution in [2.45, 2.75) is 37.4 Å². The highest BCUT2D eigenvalue weighted by molar-refractivity contribution is 5.53. The maximum atomic E-state index is 12.9. The summed E-state index contributed by atoms with van der Waals surface area (Å²) in [5.74, 6) is 1.17. The molecule has 3 aliphatic heterocycles. The first kappa shape index (κ1) is 22.4. The first-order valence-electron chi connectivity index (χ1n) is 11.3. The Hall–Kier alpha value is -4.04. The van der Waals surface area contributed by atoms with Gasteiger partial charge in [-0.25, -0.2) is 4.79 Å². The lowest BCUT2D eigenvalue weighted by Crippen LogP contribution is -2.46. The van der Waals surface area contributed by atoms with E-state index in [0.717, 1.165) is 24.4 Å². The molecule has 0 unspecified atom stereocenters. The molecule has 0 N–H and O–H groups in total. The van der Waals surface area contributed by atoms with Gasteiger partial charge in [-0.15, -0.1) is 0 Å². The van der Waals surface area contributed by atoms with Crippen LogP contribution >= 0.6 is 0 Å². The molecule has 0 saturated carbocycles. The van der Waals surface area contributed by atoms with E-state index < -0.39 is 17.4 Å². The maximum Gasteiger partial charge on any atom is 0.416 e. The Bertz CT molecular complexity index is 1450. The number of ether oxygens (including phenoxy) is 3. The van der Waals surface area contributed by atoms with Gasteiger partial charge in [0.25, 0.3) is 0 Å². The lowest BCUT2D eigenvalue weighted by Gasteiger charge is -2.32. The zero-order chi connectivity index (χ0) is 25.1. The molecule has 6 rings (SSSR count). The molecule has 1 spiro atoms. The predicted octanol–water partition coefficient (Wildman–Crippen LogP) is 3.87. The Labute approximate surface area is 203 Å². The van der Waals surface area contributed by atoms with Gasteiger partial charge in [0.15, 0.2) is 5.75 Å². The van der Waals surface area contributed by atoms with Crippen LogP contribution in [-0.2, 0) is 24.1 Å². The van der Waals surface area contributed by atoms with Crippen molar-refractivity contribution >= 4 is 5.82 Å². The van der Waals surface area contributed by atoms with Crippen LogP contribution in [0, 0.1) is 11.3 Å². The van der Waals surface area contributed by atoms with Gasteiger partial charge in [-0.2, -0.15) is 23.4 Å². The molecule has 2 fully saturated rings. The molecule has 4 heterocycles. The van der Waals surface area contributed by atoms with E-state index in [1.54, 1.807) is 22.8 Å². The van der Waals surface area contributed by atoms with Crippen LogP contribution in [0.1, 0.15) is 23.1 Å². The SMILES string of the molecule is N#Cc1cccc(COc2cc3n(c(=O)n2)C[C@]24CO[C@H](CN32)C4)c1Oc1ccc(C(F)(F)F)cc1. The van der Waals surface area contributed by atoms with Crippen LogP contribution < -0.4 is 20.1 Å². The van der Waals surface area contributed by atoms with E-state index in [0.29, 0.717) is 25.3 Å². The van der Waals surface area contributed by atoms with Gasteiger partial charge >= 0.3 is 11.9 Å².